The van der Waals surface area contributed by atoms with Gasteiger partial charge in [0, 0.05) is 5.69 Å². The topological polar surface area (TPSA) is 46.2 Å². The number of para-hydroxylation sites is 1. The monoisotopic (exact) mass is 315 g/mol. The van der Waals surface area contributed by atoms with Gasteiger partial charge in [0.25, 0.3) is 0 Å². The summed E-state index contributed by atoms with van der Waals surface area (Å²) in [5.41, 5.74) is 2.07. The summed E-state index contributed by atoms with van der Waals surface area (Å²) >= 11 is 5.29. The fourth-order valence-electron chi connectivity index (χ4n) is 1.96. The molecule has 1 atom stereocenters. The summed E-state index contributed by atoms with van der Waals surface area (Å²) in [6, 6.07) is 13.8. The Morgan fingerprint density at radius 1 is 1.18 bits per heavy atom. The van der Waals surface area contributed by atoms with Crippen LogP contribution in [-0.2, 0) is 0 Å². The van der Waals surface area contributed by atoms with Crippen LogP contribution in [0.3, 0.4) is 0 Å². The minimum atomic E-state index is 0.0874. The minimum Gasteiger partial charge on any atom is -0.491 e. The Labute approximate surface area is 136 Å². The van der Waals surface area contributed by atoms with E-state index in [4.69, 9.17) is 17.0 Å². The number of hydrogen-bond donors (Lipinski definition) is 2. The third-order valence-corrected chi connectivity index (χ3v) is 3.31. The SMILES string of the molecule is Cc1cccc(NC(=S)N[C@@H](C)COc2ccccc2C)n1. The highest BCUT2D eigenvalue weighted by molar-refractivity contribution is 7.80. The molecule has 1 aromatic carbocycles. The molecule has 4 nitrogen and oxygen atoms in total. The molecule has 2 rings (SSSR count). The van der Waals surface area contributed by atoms with E-state index < -0.39 is 0 Å². The van der Waals surface area contributed by atoms with Gasteiger partial charge in [-0.25, -0.2) is 4.98 Å². The quantitative estimate of drug-likeness (QED) is 0.828. The van der Waals surface area contributed by atoms with Crippen LogP contribution in [0.4, 0.5) is 5.82 Å². The van der Waals surface area contributed by atoms with Gasteiger partial charge in [0.1, 0.15) is 18.2 Å². The first-order valence-corrected chi connectivity index (χ1v) is 7.65. The van der Waals surface area contributed by atoms with E-state index in [1.54, 1.807) is 0 Å². The van der Waals surface area contributed by atoms with Crippen molar-refractivity contribution in [2.75, 3.05) is 11.9 Å². The van der Waals surface area contributed by atoms with Gasteiger partial charge in [0.2, 0.25) is 0 Å². The van der Waals surface area contributed by atoms with Crippen LogP contribution in [0, 0.1) is 13.8 Å². The van der Waals surface area contributed by atoms with Crippen LogP contribution < -0.4 is 15.4 Å². The molecule has 0 aliphatic carbocycles. The van der Waals surface area contributed by atoms with E-state index in [0.717, 1.165) is 22.8 Å². The van der Waals surface area contributed by atoms with E-state index in [-0.39, 0.29) is 6.04 Å². The molecule has 2 aromatic rings. The molecule has 0 fully saturated rings. The molecular formula is C17H21N3OS. The van der Waals surface area contributed by atoms with E-state index in [1.165, 1.54) is 0 Å². The summed E-state index contributed by atoms with van der Waals surface area (Å²) < 4.78 is 5.80. The van der Waals surface area contributed by atoms with Gasteiger partial charge in [0.05, 0.1) is 6.04 Å². The molecule has 1 heterocycles. The van der Waals surface area contributed by atoms with Gasteiger partial charge in [-0.3, -0.25) is 0 Å². The predicted octanol–water partition coefficient (Wildman–Crippen LogP) is 3.45. The number of thiocarbonyl (C=S) groups is 1. The molecular weight excluding hydrogens is 294 g/mol. The molecule has 0 unspecified atom stereocenters. The molecule has 116 valence electrons. The molecule has 0 bridgehead atoms. The number of aromatic nitrogens is 1. The number of pyridine rings is 1. The fourth-order valence-corrected chi connectivity index (χ4v) is 2.27. The highest BCUT2D eigenvalue weighted by Crippen LogP contribution is 2.16. The zero-order valence-corrected chi connectivity index (χ0v) is 13.9. The molecule has 0 saturated heterocycles. The van der Waals surface area contributed by atoms with Gasteiger partial charge < -0.3 is 15.4 Å². The maximum atomic E-state index is 5.80. The molecule has 0 amide bonds. The van der Waals surface area contributed by atoms with Crippen molar-refractivity contribution in [1.29, 1.82) is 0 Å². The van der Waals surface area contributed by atoms with Crippen LogP contribution in [-0.4, -0.2) is 22.7 Å². The lowest BCUT2D eigenvalue weighted by Gasteiger charge is -2.18. The number of benzene rings is 1. The third-order valence-electron chi connectivity index (χ3n) is 3.09. The summed E-state index contributed by atoms with van der Waals surface area (Å²) in [6.45, 7) is 6.53. The van der Waals surface area contributed by atoms with Gasteiger partial charge in [0.15, 0.2) is 5.11 Å². The molecule has 5 heteroatoms. The van der Waals surface area contributed by atoms with Crippen molar-refractivity contribution in [2.24, 2.45) is 0 Å². The normalized spacial score (nSPS) is 11.6. The molecule has 0 saturated carbocycles. The van der Waals surface area contributed by atoms with Gasteiger partial charge in [-0.05, 0) is 56.8 Å². The lowest BCUT2D eigenvalue weighted by atomic mass is 10.2. The predicted molar refractivity (Wildman–Crippen MR) is 94.5 cm³/mol. The number of nitrogens with zero attached hydrogens (tertiary/aromatic N) is 1. The highest BCUT2D eigenvalue weighted by Gasteiger charge is 2.07. The molecule has 0 aliphatic rings. The number of ether oxygens (including phenoxy) is 1. The number of hydrogen-bond acceptors (Lipinski definition) is 3. The lowest BCUT2D eigenvalue weighted by Crippen LogP contribution is -2.39. The highest BCUT2D eigenvalue weighted by atomic mass is 32.1. The van der Waals surface area contributed by atoms with Crippen molar-refractivity contribution in [3.63, 3.8) is 0 Å². The molecule has 0 aliphatic heterocycles. The van der Waals surface area contributed by atoms with Crippen molar-refractivity contribution in [3.05, 3.63) is 53.7 Å². The van der Waals surface area contributed by atoms with Crippen LogP contribution in [0.25, 0.3) is 0 Å². The molecule has 1 aromatic heterocycles. The van der Waals surface area contributed by atoms with Crippen molar-refractivity contribution in [2.45, 2.75) is 26.8 Å². The van der Waals surface area contributed by atoms with Crippen LogP contribution in [0.2, 0.25) is 0 Å². The first kappa shape index (κ1) is 16.2. The van der Waals surface area contributed by atoms with Gasteiger partial charge in [-0.2, -0.15) is 0 Å². The molecule has 2 N–H and O–H groups in total. The van der Waals surface area contributed by atoms with Crippen molar-refractivity contribution >= 4 is 23.1 Å². The minimum absolute atomic E-state index is 0.0874. The van der Waals surface area contributed by atoms with E-state index in [2.05, 4.69) is 15.6 Å². The Hall–Kier alpha value is -2.14. The average Bonchev–Trinajstić information content (AvgIpc) is 2.46. The summed E-state index contributed by atoms with van der Waals surface area (Å²) in [5.74, 6) is 1.64. The van der Waals surface area contributed by atoms with Crippen LogP contribution in [0.5, 0.6) is 5.75 Å². The second-order valence-corrected chi connectivity index (χ2v) is 5.65. The van der Waals surface area contributed by atoms with Gasteiger partial charge in [-0.1, -0.05) is 24.3 Å². The Balaban J connectivity index is 1.80. The van der Waals surface area contributed by atoms with Crippen LogP contribution in [0.1, 0.15) is 18.2 Å². The maximum absolute atomic E-state index is 5.80. The molecule has 0 radical (unpaired) electrons. The van der Waals surface area contributed by atoms with Crippen LogP contribution >= 0.6 is 12.2 Å². The summed E-state index contributed by atoms with van der Waals surface area (Å²) in [7, 11) is 0. The molecule has 22 heavy (non-hydrogen) atoms. The first-order valence-electron chi connectivity index (χ1n) is 7.24. The van der Waals surface area contributed by atoms with Crippen molar-refractivity contribution in [1.82, 2.24) is 10.3 Å². The second-order valence-electron chi connectivity index (χ2n) is 5.24. The Morgan fingerprint density at radius 3 is 2.68 bits per heavy atom. The Kier molecular flexibility index (Phi) is 5.72. The average molecular weight is 315 g/mol. The van der Waals surface area contributed by atoms with Gasteiger partial charge in [-0.15, -0.1) is 0 Å². The third kappa shape index (κ3) is 5.00. The number of anilines is 1. The van der Waals surface area contributed by atoms with E-state index in [0.29, 0.717) is 11.7 Å². The van der Waals surface area contributed by atoms with Crippen molar-refractivity contribution < 1.29 is 4.74 Å². The zero-order valence-electron chi connectivity index (χ0n) is 13.1. The standard InChI is InChI=1S/C17H21N3OS/c1-12-7-4-5-9-15(12)21-11-14(3)19-17(22)20-16-10-6-8-13(2)18-16/h4-10,14H,11H2,1-3H3,(H2,18,19,20,22)/t14-/m0/s1. The van der Waals surface area contributed by atoms with Crippen LogP contribution in [0.15, 0.2) is 42.5 Å². The number of aryl methyl sites for hydroxylation is 2. The molecule has 0 spiro atoms. The van der Waals surface area contributed by atoms with E-state index >= 15 is 0 Å². The summed E-state index contributed by atoms with van der Waals surface area (Å²) in [4.78, 5) is 4.36. The smallest absolute Gasteiger partial charge is 0.172 e. The lowest BCUT2D eigenvalue weighted by molar-refractivity contribution is 0.285. The first-order chi connectivity index (χ1) is 10.5. The van der Waals surface area contributed by atoms with Gasteiger partial charge >= 0.3 is 0 Å². The number of rotatable bonds is 5. The zero-order chi connectivity index (χ0) is 15.9. The summed E-state index contributed by atoms with van der Waals surface area (Å²) in [6.07, 6.45) is 0. The Bertz CT molecular complexity index is 645. The largest absolute Gasteiger partial charge is 0.491 e. The number of nitrogens with one attached hydrogen (secondary N) is 2. The fraction of sp³-hybridized carbons (Fsp3) is 0.294. The van der Waals surface area contributed by atoms with E-state index in [9.17, 15) is 0 Å². The maximum Gasteiger partial charge on any atom is 0.172 e. The van der Waals surface area contributed by atoms with E-state index in [1.807, 2.05) is 63.2 Å². The Morgan fingerprint density at radius 2 is 1.95 bits per heavy atom. The van der Waals surface area contributed by atoms with Crippen molar-refractivity contribution in [3.8, 4) is 5.75 Å². The second kappa shape index (κ2) is 7.75. The summed E-state index contributed by atoms with van der Waals surface area (Å²) in [5, 5.41) is 6.81.